The van der Waals surface area contributed by atoms with E-state index < -0.39 is 5.82 Å². The molecule has 4 heteroatoms. The van der Waals surface area contributed by atoms with Crippen LogP contribution in [-0.2, 0) is 0 Å². The number of halogens is 1. The lowest BCUT2D eigenvalue weighted by molar-refractivity contribution is 0.414. The average molecular weight is 219 g/mol. The van der Waals surface area contributed by atoms with Gasteiger partial charge in [-0.2, -0.15) is 0 Å². The van der Waals surface area contributed by atoms with Crippen molar-refractivity contribution in [2.45, 2.75) is 0 Å². The number of H-pyrrole nitrogens is 1. The van der Waals surface area contributed by atoms with Crippen molar-refractivity contribution in [3.05, 3.63) is 52.6 Å². The zero-order chi connectivity index (χ0) is 11.5. The summed E-state index contributed by atoms with van der Waals surface area (Å²) in [5.41, 5.74) is 0.580. The lowest BCUT2D eigenvalue weighted by atomic mass is 10.1. The van der Waals surface area contributed by atoms with Crippen LogP contribution in [-0.4, -0.2) is 12.1 Å². The van der Waals surface area contributed by atoms with Crippen LogP contribution in [0.2, 0.25) is 0 Å². The molecule has 0 aliphatic rings. The molecule has 3 nitrogen and oxygen atoms in total. The van der Waals surface area contributed by atoms with Gasteiger partial charge in [-0.15, -0.1) is 0 Å². The van der Waals surface area contributed by atoms with E-state index in [0.717, 1.165) is 0 Å². The molecule has 0 radical (unpaired) electrons. The van der Waals surface area contributed by atoms with Gasteiger partial charge in [-0.05, 0) is 18.2 Å². The van der Waals surface area contributed by atoms with Crippen molar-refractivity contribution >= 4 is 0 Å². The first-order chi connectivity index (χ1) is 7.70. The van der Waals surface area contributed by atoms with Gasteiger partial charge >= 0.3 is 0 Å². The van der Waals surface area contributed by atoms with Crippen LogP contribution in [0.3, 0.4) is 0 Å². The summed E-state index contributed by atoms with van der Waals surface area (Å²) in [6.07, 6.45) is 1.48. The number of pyridine rings is 1. The molecule has 0 spiro atoms. The van der Waals surface area contributed by atoms with E-state index in [1.54, 1.807) is 6.07 Å². The monoisotopic (exact) mass is 219 g/mol. The molecule has 0 aliphatic carbocycles. The molecule has 2 rings (SSSR count). The minimum Gasteiger partial charge on any atom is -0.497 e. The fourth-order valence-corrected chi connectivity index (χ4v) is 1.44. The Balaban J connectivity index is 2.58. The van der Waals surface area contributed by atoms with Gasteiger partial charge in [-0.1, -0.05) is 0 Å². The standard InChI is InChI=1S/C12H10FNO2/c1-16-9-2-3-11(13)10(7-9)12-6-8(15)4-5-14-12/h2-7H,1H3,(H,14,15). The molecule has 0 saturated heterocycles. The van der Waals surface area contributed by atoms with Gasteiger partial charge in [-0.25, -0.2) is 4.39 Å². The van der Waals surface area contributed by atoms with E-state index in [9.17, 15) is 9.18 Å². The Morgan fingerprint density at radius 2 is 2.06 bits per heavy atom. The Hall–Kier alpha value is -2.10. The summed E-state index contributed by atoms with van der Waals surface area (Å²) < 4.78 is 18.5. The molecule has 1 aromatic carbocycles. The number of rotatable bonds is 2. The molecular formula is C12H10FNO2. The highest BCUT2D eigenvalue weighted by Crippen LogP contribution is 2.24. The molecule has 82 valence electrons. The third-order valence-electron chi connectivity index (χ3n) is 2.24. The second-order valence-electron chi connectivity index (χ2n) is 3.28. The van der Waals surface area contributed by atoms with Crippen LogP contribution < -0.4 is 10.2 Å². The number of benzene rings is 1. The zero-order valence-electron chi connectivity index (χ0n) is 8.66. The van der Waals surface area contributed by atoms with Crippen LogP contribution in [0.4, 0.5) is 4.39 Å². The van der Waals surface area contributed by atoms with Gasteiger partial charge in [-0.3, -0.25) is 4.79 Å². The predicted molar refractivity (Wildman–Crippen MR) is 59.0 cm³/mol. The maximum atomic E-state index is 13.5. The summed E-state index contributed by atoms with van der Waals surface area (Å²) >= 11 is 0. The van der Waals surface area contributed by atoms with Crippen molar-refractivity contribution in [1.29, 1.82) is 0 Å². The lowest BCUT2D eigenvalue weighted by Gasteiger charge is -2.05. The highest BCUT2D eigenvalue weighted by Gasteiger charge is 2.07. The van der Waals surface area contributed by atoms with E-state index in [0.29, 0.717) is 17.0 Å². The van der Waals surface area contributed by atoms with Crippen LogP contribution in [0.1, 0.15) is 0 Å². The maximum Gasteiger partial charge on any atom is 0.182 e. The fraction of sp³-hybridized carbons (Fsp3) is 0.0833. The molecular weight excluding hydrogens is 209 g/mol. The molecule has 0 fully saturated rings. The highest BCUT2D eigenvalue weighted by atomic mass is 19.1. The first-order valence-electron chi connectivity index (χ1n) is 4.73. The smallest absolute Gasteiger partial charge is 0.182 e. The zero-order valence-corrected chi connectivity index (χ0v) is 8.66. The molecule has 0 atom stereocenters. The van der Waals surface area contributed by atoms with Crippen molar-refractivity contribution in [1.82, 2.24) is 4.98 Å². The Bertz CT molecular complexity index is 563. The number of methoxy groups -OCH3 is 1. The van der Waals surface area contributed by atoms with Gasteiger partial charge in [0.25, 0.3) is 0 Å². The van der Waals surface area contributed by atoms with Gasteiger partial charge in [0.1, 0.15) is 11.6 Å². The molecule has 0 aliphatic heterocycles. The lowest BCUT2D eigenvalue weighted by Crippen LogP contribution is -1.99. The molecule has 2 aromatic rings. The van der Waals surface area contributed by atoms with Gasteiger partial charge in [0.05, 0.1) is 12.8 Å². The number of aromatic nitrogens is 1. The van der Waals surface area contributed by atoms with Crippen LogP contribution in [0.15, 0.2) is 41.3 Å². The molecule has 0 bridgehead atoms. The summed E-state index contributed by atoms with van der Waals surface area (Å²) in [5, 5.41) is 0. The Morgan fingerprint density at radius 1 is 1.25 bits per heavy atom. The van der Waals surface area contributed by atoms with Crippen molar-refractivity contribution in [2.24, 2.45) is 0 Å². The number of nitrogens with one attached hydrogen (secondary N) is 1. The average Bonchev–Trinajstić information content (AvgIpc) is 2.30. The minimum atomic E-state index is -0.400. The van der Waals surface area contributed by atoms with E-state index in [2.05, 4.69) is 4.98 Å². The minimum absolute atomic E-state index is 0.170. The largest absolute Gasteiger partial charge is 0.497 e. The quantitative estimate of drug-likeness (QED) is 0.841. The van der Waals surface area contributed by atoms with Crippen molar-refractivity contribution in [3.63, 3.8) is 0 Å². The van der Waals surface area contributed by atoms with E-state index in [-0.39, 0.29) is 5.43 Å². The molecule has 0 saturated carbocycles. The Kier molecular flexibility index (Phi) is 2.72. The van der Waals surface area contributed by atoms with E-state index in [4.69, 9.17) is 4.74 Å². The number of hydrogen-bond donors (Lipinski definition) is 1. The van der Waals surface area contributed by atoms with E-state index in [1.165, 1.54) is 37.6 Å². The topological polar surface area (TPSA) is 42.1 Å². The summed E-state index contributed by atoms with van der Waals surface area (Å²) in [4.78, 5) is 14.0. The molecule has 1 N–H and O–H groups in total. The maximum absolute atomic E-state index is 13.5. The number of ether oxygens (including phenoxy) is 1. The predicted octanol–water partition coefficient (Wildman–Crippen LogP) is 2.19. The van der Waals surface area contributed by atoms with Gasteiger partial charge < -0.3 is 9.72 Å². The molecule has 0 unspecified atom stereocenters. The Labute approximate surface area is 91.5 Å². The number of aromatic amines is 1. The Morgan fingerprint density at radius 3 is 2.75 bits per heavy atom. The van der Waals surface area contributed by atoms with Crippen LogP contribution in [0, 0.1) is 5.82 Å². The molecule has 1 aromatic heterocycles. The third kappa shape index (κ3) is 1.95. The van der Waals surface area contributed by atoms with Crippen molar-refractivity contribution in [3.8, 4) is 17.0 Å². The van der Waals surface area contributed by atoms with Crippen molar-refractivity contribution in [2.75, 3.05) is 7.11 Å². The van der Waals surface area contributed by atoms with Gasteiger partial charge in [0, 0.05) is 23.9 Å². The first kappa shape index (κ1) is 10.4. The summed E-state index contributed by atoms with van der Waals surface area (Å²) in [6.45, 7) is 0. The molecule has 0 amide bonds. The first-order valence-corrected chi connectivity index (χ1v) is 4.73. The molecule has 1 heterocycles. The fourth-order valence-electron chi connectivity index (χ4n) is 1.44. The number of hydrogen-bond acceptors (Lipinski definition) is 2. The summed E-state index contributed by atoms with van der Waals surface area (Å²) in [5.74, 6) is 0.142. The third-order valence-corrected chi connectivity index (χ3v) is 2.24. The van der Waals surface area contributed by atoms with Gasteiger partial charge in [0.2, 0.25) is 0 Å². The van der Waals surface area contributed by atoms with Gasteiger partial charge in [0.15, 0.2) is 5.43 Å². The SMILES string of the molecule is COc1ccc(F)c(-c2cc(=O)cc[nH]2)c1. The van der Waals surface area contributed by atoms with Crippen LogP contribution >= 0.6 is 0 Å². The van der Waals surface area contributed by atoms with E-state index >= 15 is 0 Å². The highest BCUT2D eigenvalue weighted by molar-refractivity contribution is 5.61. The van der Waals surface area contributed by atoms with Crippen LogP contribution in [0.25, 0.3) is 11.3 Å². The second kappa shape index (κ2) is 4.18. The van der Waals surface area contributed by atoms with E-state index in [1.807, 2.05) is 0 Å². The van der Waals surface area contributed by atoms with Crippen molar-refractivity contribution < 1.29 is 9.13 Å². The summed E-state index contributed by atoms with van der Waals surface area (Å²) in [6, 6.07) is 7.10. The second-order valence-corrected chi connectivity index (χ2v) is 3.28. The molecule has 16 heavy (non-hydrogen) atoms. The summed E-state index contributed by atoms with van der Waals surface area (Å²) in [7, 11) is 1.50. The van der Waals surface area contributed by atoms with Crippen LogP contribution in [0.5, 0.6) is 5.75 Å². The normalized spacial score (nSPS) is 10.1.